The molecular formula is C18H24OS. The van der Waals surface area contributed by atoms with Gasteiger partial charge in [0.25, 0.3) is 0 Å². The van der Waals surface area contributed by atoms with E-state index in [0.29, 0.717) is 5.75 Å². The zero-order valence-electron chi connectivity index (χ0n) is 13.1. The van der Waals surface area contributed by atoms with Crippen LogP contribution in [0.15, 0.2) is 47.4 Å². The molecule has 0 fully saturated rings. The lowest BCUT2D eigenvalue weighted by atomic mass is 10.0. The lowest BCUT2D eigenvalue weighted by molar-refractivity contribution is 0.684. The largest absolute Gasteiger partial charge is 0.254 e. The van der Waals surface area contributed by atoms with Crippen LogP contribution in [0.25, 0.3) is 11.1 Å². The monoisotopic (exact) mass is 288 g/mol. The highest BCUT2D eigenvalue weighted by Crippen LogP contribution is 2.24. The SMILES string of the molecule is CC.CCS(=O)c1cccc(-c2ccc(C)c(C)c2)c1. The van der Waals surface area contributed by atoms with E-state index in [-0.39, 0.29) is 0 Å². The molecule has 1 atom stereocenters. The minimum atomic E-state index is -0.884. The van der Waals surface area contributed by atoms with Crippen molar-refractivity contribution in [2.75, 3.05) is 5.75 Å². The molecule has 2 heteroatoms. The van der Waals surface area contributed by atoms with Gasteiger partial charge in [-0.15, -0.1) is 0 Å². The number of benzene rings is 2. The first-order valence-electron chi connectivity index (χ1n) is 7.18. The smallest absolute Gasteiger partial charge is 0.0526 e. The van der Waals surface area contributed by atoms with E-state index >= 15 is 0 Å². The quantitative estimate of drug-likeness (QED) is 0.765. The second-order valence-corrected chi connectivity index (χ2v) is 6.20. The zero-order chi connectivity index (χ0) is 15.1. The fourth-order valence-corrected chi connectivity index (χ4v) is 2.73. The van der Waals surface area contributed by atoms with Gasteiger partial charge in [0.1, 0.15) is 0 Å². The summed E-state index contributed by atoms with van der Waals surface area (Å²) in [4.78, 5) is 0.910. The number of hydrogen-bond donors (Lipinski definition) is 0. The van der Waals surface area contributed by atoms with Crippen LogP contribution in [0.4, 0.5) is 0 Å². The first-order valence-corrected chi connectivity index (χ1v) is 8.49. The average molecular weight is 288 g/mol. The van der Waals surface area contributed by atoms with Gasteiger partial charge in [0, 0.05) is 10.6 Å². The van der Waals surface area contributed by atoms with Crippen LogP contribution in [0.2, 0.25) is 0 Å². The summed E-state index contributed by atoms with van der Waals surface area (Å²) in [6, 6.07) is 14.5. The highest BCUT2D eigenvalue weighted by atomic mass is 32.2. The summed E-state index contributed by atoms with van der Waals surface area (Å²) in [6.07, 6.45) is 0. The van der Waals surface area contributed by atoms with Crippen molar-refractivity contribution in [3.8, 4) is 11.1 Å². The molecule has 0 saturated heterocycles. The molecule has 0 saturated carbocycles. The summed E-state index contributed by atoms with van der Waals surface area (Å²) in [7, 11) is -0.884. The van der Waals surface area contributed by atoms with Gasteiger partial charge in [-0.25, -0.2) is 0 Å². The van der Waals surface area contributed by atoms with Crippen LogP contribution >= 0.6 is 0 Å². The normalized spacial score (nSPS) is 11.4. The molecule has 0 aliphatic heterocycles. The Balaban J connectivity index is 0.000000956. The van der Waals surface area contributed by atoms with E-state index in [1.165, 1.54) is 16.7 Å². The van der Waals surface area contributed by atoms with Crippen molar-refractivity contribution in [1.82, 2.24) is 0 Å². The second kappa shape index (κ2) is 8.01. The molecule has 0 N–H and O–H groups in total. The second-order valence-electron chi connectivity index (χ2n) is 4.46. The lowest BCUT2D eigenvalue weighted by Gasteiger charge is -2.07. The summed E-state index contributed by atoms with van der Waals surface area (Å²) in [5.74, 6) is 0.663. The van der Waals surface area contributed by atoms with Crippen LogP contribution in [0.1, 0.15) is 31.9 Å². The molecule has 0 amide bonds. The molecular weight excluding hydrogens is 264 g/mol. The van der Waals surface area contributed by atoms with Crippen LogP contribution in [-0.4, -0.2) is 9.96 Å². The Bertz CT molecular complexity index is 588. The van der Waals surface area contributed by atoms with Crippen molar-refractivity contribution in [3.63, 3.8) is 0 Å². The van der Waals surface area contributed by atoms with E-state index in [9.17, 15) is 4.21 Å². The van der Waals surface area contributed by atoms with Gasteiger partial charge in [-0.1, -0.05) is 51.1 Å². The van der Waals surface area contributed by atoms with Crippen molar-refractivity contribution >= 4 is 10.8 Å². The van der Waals surface area contributed by atoms with Crippen molar-refractivity contribution in [1.29, 1.82) is 0 Å². The zero-order valence-corrected chi connectivity index (χ0v) is 13.9. The predicted molar refractivity (Wildman–Crippen MR) is 89.6 cm³/mol. The minimum absolute atomic E-state index is 0.663. The van der Waals surface area contributed by atoms with Gasteiger partial charge in [0.15, 0.2) is 0 Å². The molecule has 108 valence electrons. The van der Waals surface area contributed by atoms with Gasteiger partial charge in [0.2, 0.25) is 0 Å². The summed E-state index contributed by atoms with van der Waals surface area (Å²) in [5, 5.41) is 0. The Morgan fingerprint density at radius 2 is 1.55 bits per heavy atom. The van der Waals surface area contributed by atoms with Crippen LogP contribution in [-0.2, 0) is 10.8 Å². The van der Waals surface area contributed by atoms with E-state index in [1.54, 1.807) is 0 Å². The maximum absolute atomic E-state index is 11.8. The Morgan fingerprint density at radius 1 is 0.900 bits per heavy atom. The van der Waals surface area contributed by atoms with Crippen LogP contribution in [0.3, 0.4) is 0 Å². The Hall–Kier alpha value is -1.41. The predicted octanol–water partition coefficient (Wildman–Crippen LogP) is 5.12. The molecule has 0 spiro atoms. The van der Waals surface area contributed by atoms with Crippen molar-refractivity contribution in [2.24, 2.45) is 0 Å². The molecule has 2 aromatic rings. The van der Waals surface area contributed by atoms with E-state index in [4.69, 9.17) is 0 Å². The molecule has 0 aromatic heterocycles. The molecule has 0 aliphatic carbocycles. The van der Waals surface area contributed by atoms with E-state index < -0.39 is 10.8 Å². The molecule has 0 bridgehead atoms. The first-order chi connectivity index (χ1) is 9.61. The standard InChI is InChI=1S/C16H18OS.C2H6/c1-4-18(17)16-7-5-6-14(11-16)15-9-8-12(2)13(3)10-15;1-2/h5-11H,4H2,1-3H3;1-2H3. The molecule has 0 aliphatic rings. The maximum atomic E-state index is 11.8. The van der Waals surface area contributed by atoms with E-state index in [2.05, 4.69) is 38.1 Å². The van der Waals surface area contributed by atoms with E-state index in [1.807, 2.05) is 39.0 Å². The number of hydrogen-bond acceptors (Lipinski definition) is 1. The topological polar surface area (TPSA) is 17.1 Å². The number of rotatable bonds is 3. The molecule has 2 aromatic carbocycles. The van der Waals surface area contributed by atoms with Gasteiger partial charge >= 0.3 is 0 Å². The van der Waals surface area contributed by atoms with Gasteiger partial charge in [-0.3, -0.25) is 4.21 Å². The molecule has 0 heterocycles. The third kappa shape index (κ3) is 4.04. The highest BCUT2D eigenvalue weighted by molar-refractivity contribution is 7.85. The molecule has 1 nitrogen and oxygen atoms in total. The Morgan fingerprint density at radius 3 is 2.15 bits per heavy atom. The maximum Gasteiger partial charge on any atom is 0.0526 e. The summed E-state index contributed by atoms with van der Waals surface area (Å²) >= 11 is 0. The number of aryl methyl sites for hydroxylation is 2. The third-order valence-electron chi connectivity index (χ3n) is 3.20. The molecule has 20 heavy (non-hydrogen) atoms. The van der Waals surface area contributed by atoms with Gasteiger partial charge in [-0.2, -0.15) is 0 Å². The fourth-order valence-electron chi connectivity index (χ4n) is 1.90. The lowest BCUT2D eigenvalue weighted by Crippen LogP contribution is -1.94. The summed E-state index contributed by atoms with van der Waals surface area (Å²) < 4.78 is 11.8. The van der Waals surface area contributed by atoms with Gasteiger partial charge in [-0.05, 0) is 48.2 Å². The summed E-state index contributed by atoms with van der Waals surface area (Å²) in [6.45, 7) is 10.2. The Kier molecular flexibility index (Phi) is 6.66. The average Bonchev–Trinajstić information content (AvgIpc) is 2.51. The molecule has 1 unspecified atom stereocenters. The first kappa shape index (κ1) is 16.6. The molecule has 2 rings (SSSR count). The van der Waals surface area contributed by atoms with Crippen molar-refractivity contribution in [2.45, 2.75) is 39.5 Å². The summed E-state index contributed by atoms with van der Waals surface area (Å²) in [5.41, 5.74) is 4.91. The van der Waals surface area contributed by atoms with Gasteiger partial charge in [0.05, 0.1) is 10.8 Å². The highest BCUT2D eigenvalue weighted by Gasteiger charge is 2.04. The minimum Gasteiger partial charge on any atom is -0.254 e. The van der Waals surface area contributed by atoms with E-state index in [0.717, 1.165) is 10.5 Å². The van der Waals surface area contributed by atoms with Crippen molar-refractivity contribution in [3.05, 3.63) is 53.6 Å². The fraction of sp³-hybridized carbons (Fsp3) is 0.333. The van der Waals surface area contributed by atoms with Crippen LogP contribution in [0.5, 0.6) is 0 Å². The van der Waals surface area contributed by atoms with Crippen molar-refractivity contribution < 1.29 is 4.21 Å². The third-order valence-corrected chi connectivity index (χ3v) is 4.50. The molecule has 0 radical (unpaired) electrons. The Labute approximate surface area is 125 Å². The van der Waals surface area contributed by atoms with Gasteiger partial charge < -0.3 is 0 Å². The van der Waals surface area contributed by atoms with Crippen LogP contribution in [0, 0.1) is 13.8 Å². The van der Waals surface area contributed by atoms with Crippen LogP contribution < -0.4 is 0 Å².